The monoisotopic (exact) mass is 195 g/mol. The van der Waals surface area contributed by atoms with Gasteiger partial charge < -0.3 is 15.5 Å². The van der Waals surface area contributed by atoms with Crippen LogP contribution < -0.4 is 5.32 Å². The Balaban J connectivity index is 2.39. The number of aliphatic hydroxyl groups is 2. The summed E-state index contributed by atoms with van der Waals surface area (Å²) in [6, 6.07) is 9.50. The minimum Gasteiger partial charge on any atom is -0.395 e. The van der Waals surface area contributed by atoms with E-state index in [1.807, 2.05) is 37.3 Å². The number of hydrogen-bond acceptors (Lipinski definition) is 3. The van der Waals surface area contributed by atoms with Gasteiger partial charge in [0.1, 0.15) is 0 Å². The van der Waals surface area contributed by atoms with E-state index < -0.39 is 6.10 Å². The van der Waals surface area contributed by atoms with Crippen molar-refractivity contribution in [3.8, 4) is 0 Å². The fourth-order valence-electron chi connectivity index (χ4n) is 1.17. The van der Waals surface area contributed by atoms with Crippen LogP contribution in [0.2, 0.25) is 0 Å². The Morgan fingerprint density at radius 1 is 1.29 bits per heavy atom. The molecule has 0 fully saturated rings. The molecular formula is C11H17NO2. The Bertz CT molecular complexity index is 251. The summed E-state index contributed by atoms with van der Waals surface area (Å²) in [7, 11) is 0. The zero-order chi connectivity index (χ0) is 10.4. The van der Waals surface area contributed by atoms with E-state index in [-0.39, 0.29) is 12.6 Å². The molecule has 1 unspecified atom stereocenters. The number of aliphatic hydroxyl groups excluding tert-OH is 2. The molecule has 0 aromatic heterocycles. The van der Waals surface area contributed by atoms with Crippen molar-refractivity contribution in [2.45, 2.75) is 19.1 Å². The second-order valence-corrected chi connectivity index (χ2v) is 3.42. The van der Waals surface area contributed by atoms with Crippen molar-refractivity contribution in [3.05, 3.63) is 35.9 Å². The summed E-state index contributed by atoms with van der Waals surface area (Å²) < 4.78 is 0. The largest absolute Gasteiger partial charge is 0.395 e. The lowest BCUT2D eigenvalue weighted by Crippen LogP contribution is -2.32. The maximum atomic E-state index is 9.72. The van der Waals surface area contributed by atoms with Crippen LogP contribution in [0.5, 0.6) is 0 Å². The van der Waals surface area contributed by atoms with Gasteiger partial charge in [-0.1, -0.05) is 30.3 Å². The predicted octanol–water partition coefficient (Wildman–Crippen LogP) is 0.690. The fourth-order valence-corrected chi connectivity index (χ4v) is 1.17. The van der Waals surface area contributed by atoms with Gasteiger partial charge in [0.25, 0.3) is 0 Å². The summed E-state index contributed by atoms with van der Waals surface area (Å²) in [5, 5.41) is 21.5. The Morgan fingerprint density at radius 2 is 1.93 bits per heavy atom. The zero-order valence-corrected chi connectivity index (χ0v) is 8.35. The van der Waals surface area contributed by atoms with Gasteiger partial charge in [0.2, 0.25) is 0 Å². The van der Waals surface area contributed by atoms with Crippen LogP contribution in [0.25, 0.3) is 0 Å². The van der Waals surface area contributed by atoms with Gasteiger partial charge in [0.05, 0.1) is 12.7 Å². The highest BCUT2D eigenvalue weighted by molar-refractivity contribution is 5.17. The molecule has 2 atom stereocenters. The number of nitrogens with one attached hydrogen (secondary N) is 1. The van der Waals surface area contributed by atoms with E-state index in [9.17, 15) is 5.11 Å². The highest BCUT2D eigenvalue weighted by atomic mass is 16.3. The van der Waals surface area contributed by atoms with Gasteiger partial charge in [-0.05, 0) is 12.5 Å². The summed E-state index contributed by atoms with van der Waals surface area (Å²) in [6.45, 7) is 2.42. The van der Waals surface area contributed by atoms with Gasteiger partial charge in [-0.15, -0.1) is 0 Å². The number of benzene rings is 1. The molecule has 0 saturated heterocycles. The second kappa shape index (κ2) is 5.75. The van der Waals surface area contributed by atoms with E-state index in [0.717, 1.165) is 5.56 Å². The minimum absolute atomic E-state index is 0.0216. The van der Waals surface area contributed by atoms with Crippen LogP contribution in [-0.4, -0.2) is 29.4 Å². The molecule has 0 aliphatic heterocycles. The molecule has 3 heteroatoms. The van der Waals surface area contributed by atoms with Crippen molar-refractivity contribution < 1.29 is 10.2 Å². The molecule has 3 nitrogen and oxygen atoms in total. The third-order valence-electron chi connectivity index (χ3n) is 2.12. The van der Waals surface area contributed by atoms with Gasteiger partial charge in [0.15, 0.2) is 0 Å². The standard InChI is InChI=1S/C11H17NO2/c1-9(8-13)12-7-11(14)10-5-3-2-4-6-10/h2-6,9,11-14H,7-8H2,1H3/t9-,11?/m1/s1. The van der Waals surface area contributed by atoms with E-state index in [4.69, 9.17) is 5.11 Å². The molecule has 0 aliphatic rings. The number of hydrogen-bond donors (Lipinski definition) is 3. The lowest BCUT2D eigenvalue weighted by Gasteiger charge is -2.15. The van der Waals surface area contributed by atoms with Crippen molar-refractivity contribution >= 4 is 0 Å². The molecule has 14 heavy (non-hydrogen) atoms. The van der Waals surface area contributed by atoms with Gasteiger partial charge in [-0.3, -0.25) is 0 Å². The Kier molecular flexibility index (Phi) is 4.59. The third kappa shape index (κ3) is 3.46. The first-order chi connectivity index (χ1) is 6.74. The maximum absolute atomic E-state index is 9.72. The highest BCUT2D eigenvalue weighted by Gasteiger charge is 2.07. The van der Waals surface area contributed by atoms with Crippen LogP contribution in [0.4, 0.5) is 0 Å². The minimum atomic E-state index is -0.509. The van der Waals surface area contributed by atoms with Gasteiger partial charge in [-0.25, -0.2) is 0 Å². The van der Waals surface area contributed by atoms with E-state index in [1.165, 1.54) is 0 Å². The van der Waals surface area contributed by atoms with Gasteiger partial charge in [0, 0.05) is 12.6 Å². The smallest absolute Gasteiger partial charge is 0.0914 e. The van der Waals surface area contributed by atoms with E-state index in [2.05, 4.69) is 5.32 Å². The van der Waals surface area contributed by atoms with Crippen molar-refractivity contribution in [1.29, 1.82) is 0 Å². The first-order valence-electron chi connectivity index (χ1n) is 4.81. The summed E-state index contributed by atoms with van der Waals surface area (Å²) in [6.07, 6.45) is -0.509. The summed E-state index contributed by atoms with van der Waals surface area (Å²) in [5.74, 6) is 0. The molecule has 0 amide bonds. The van der Waals surface area contributed by atoms with E-state index in [0.29, 0.717) is 6.54 Å². The average molecular weight is 195 g/mol. The molecule has 0 aliphatic carbocycles. The molecule has 0 saturated carbocycles. The zero-order valence-electron chi connectivity index (χ0n) is 8.35. The molecule has 0 heterocycles. The summed E-state index contributed by atoms with van der Waals surface area (Å²) >= 11 is 0. The predicted molar refractivity (Wildman–Crippen MR) is 56.0 cm³/mol. The van der Waals surface area contributed by atoms with Crippen LogP contribution in [0.3, 0.4) is 0 Å². The molecule has 0 bridgehead atoms. The van der Waals surface area contributed by atoms with Gasteiger partial charge >= 0.3 is 0 Å². The Morgan fingerprint density at radius 3 is 2.50 bits per heavy atom. The lowest BCUT2D eigenvalue weighted by atomic mass is 10.1. The molecule has 3 N–H and O–H groups in total. The SMILES string of the molecule is C[C@H](CO)NCC(O)c1ccccc1. The topological polar surface area (TPSA) is 52.5 Å². The maximum Gasteiger partial charge on any atom is 0.0914 e. The van der Waals surface area contributed by atoms with Crippen LogP contribution >= 0.6 is 0 Å². The first-order valence-corrected chi connectivity index (χ1v) is 4.81. The third-order valence-corrected chi connectivity index (χ3v) is 2.12. The van der Waals surface area contributed by atoms with E-state index in [1.54, 1.807) is 0 Å². The Hall–Kier alpha value is -0.900. The van der Waals surface area contributed by atoms with Gasteiger partial charge in [-0.2, -0.15) is 0 Å². The molecule has 1 aromatic rings. The highest BCUT2D eigenvalue weighted by Crippen LogP contribution is 2.10. The molecule has 78 valence electrons. The molecule has 1 aromatic carbocycles. The normalized spacial score (nSPS) is 15.1. The van der Waals surface area contributed by atoms with Crippen molar-refractivity contribution in [2.24, 2.45) is 0 Å². The van der Waals surface area contributed by atoms with Crippen molar-refractivity contribution in [2.75, 3.05) is 13.2 Å². The molecule has 0 spiro atoms. The summed E-state index contributed by atoms with van der Waals surface area (Å²) in [5.41, 5.74) is 0.894. The van der Waals surface area contributed by atoms with Crippen molar-refractivity contribution in [1.82, 2.24) is 5.32 Å². The van der Waals surface area contributed by atoms with Crippen LogP contribution in [-0.2, 0) is 0 Å². The second-order valence-electron chi connectivity index (χ2n) is 3.42. The molecule has 0 radical (unpaired) electrons. The average Bonchev–Trinajstić information content (AvgIpc) is 2.26. The molecule has 1 rings (SSSR count). The fraction of sp³-hybridized carbons (Fsp3) is 0.455. The molecular weight excluding hydrogens is 178 g/mol. The first kappa shape index (κ1) is 11.2. The van der Waals surface area contributed by atoms with Crippen LogP contribution in [0, 0.1) is 0 Å². The number of rotatable bonds is 5. The van der Waals surface area contributed by atoms with E-state index >= 15 is 0 Å². The Labute approximate surface area is 84.4 Å². The summed E-state index contributed by atoms with van der Waals surface area (Å²) in [4.78, 5) is 0. The van der Waals surface area contributed by atoms with Crippen LogP contribution in [0.15, 0.2) is 30.3 Å². The lowest BCUT2D eigenvalue weighted by molar-refractivity contribution is 0.161. The van der Waals surface area contributed by atoms with Crippen LogP contribution in [0.1, 0.15) is 18.6 Å². The quantitative estimate of drug-likeness (QED) is 0.648. The van der Waals surface area contributed by atoms with Crippen molar-refractivity contribution in [3.63, 3.8) is 0 Å².